The van der Waals surface area contributed by atoms with Crippen molar-refractivity contribution >= 4 is 0 Å². The Morgan fingerprint density at radius 1 is 1.00 bits per heavy atom. The molecule has 0 fully saturated rings. The molecule has 0 aliphatic rings. The summed E-state index contributed by atoms with van der Waals surface area (Å²) >= 11 is 0. The maximum Gasteiger partial charge on any atom is 0.195 e. The fourth-order valence-electron chi connectivity index (χ4n) is 2.28. The summed E-state index contributed by atoms with van der Waals surface area (Å²) in [5.41, 5.74) is 4.71. The standard InChI is InChI=1S/C18H17N2/c1-15-6-5-9-17(12-15)18-14-20(11-10-19-18)13-16-7-3-2-4-8-16/h2-12,14H,13H2,1H3/q+1. The highest BCUT2D eigenvalue weighted by Crippen LogP contribution is 2.16. The van der Waals surface area contributed by atoms with Crippen molar-refractivity contribution in [3.05, 3.63) is 84.3 Å². The highest BCUT2D eigenvalue weighted by Gasteiger charge is 2.07. The van der Waals surface area contributed by atoms with Crippen LogP contribution in [0.25, 0.3) is 11.3 Å². The third kappa shape index (κ3) is 2.91. The predicted octanol–water partition coefficient (Wildman–Crippen LogP) is 3.39. The van der Waals surface area contributed by atoms with E-state index in [2.05, 4.69) is 71.2 Å². The van der Waals surface area contributed by atoms with Gasteiger partial charge in [-0.1, -0.05) is 54.1 Å². The molecule has 0 aliphatic heterocycles. The molecule has 20 heavy (non-hydrogen) atoms. The Balaban J connectivity index is 1.90. The van der Waals surface area contributed by atoms with Crippen molar-refractivity contribution in [2.24, 2.45) is 0 Å². The second kappa shape index (κ2) is 5.66. The topological polar surface area (TPSA) is 16.8 Å². The number of aryl methyl sites for hydroxylation is 1. The second-order valence-electron chi connectivity index (χ2n) is 4.97. The fraction of sp³-hybridized carbons (Fsp3) is 0.111. The predicted molar refractivity (Wildman–Crippen MR) is 80.1 cm³/mol. The lowest BCUT2D eigenvalue weighted by Gasteiger charge is -2.02. The SMILES string of the molecule is Cc1cccc(-c2c[n+](Cc3ccccc3)ccn2)c1. The molecule has 0 spiro atoms. The van der Waals surface area contributed by atoms with Crippen molar-refractivity contribution in [1.29, 1.82) is 0 Å². The lowest BCUT2D eigenvalue weighted by molar-refractivity contribution is -0.688. The first kappa shape index (κ1) is 12.5. The third-order valence-electron chi connectivity index (χ3n) is 3.28. The van der Waals surface area contributed by atoms with Crippen LogP contribution < -0.4 is 4.57 Å². The molecule has 0 saturated heterocycles. The molecule has 3 rings (SSSR count). The first-order chi connectivity index (χ1) is 9.81. The van der Waals surface area contributed by atoms with Crippen LogP contribution in [0.15, 0.2) is 73.2 Å². The van der Waals surface area contributed by atoms with Crippen molar-refractivity contribution in [2.75, 3.05) is 0 Å². The van der Waals surface area contributed by atoms with Crippen LogP contribution in [0.2, 0.25) is 0 Å². The van der Waals surface area contributed by atoms with Gasteiger partial charge in [0, 0.05) is 11.1 Å². The molecule has 1 heterocycles. The minimum atomic E-state index is 0.863. The van der Waals surface area contributed by atoms with Crippen LogP contribution in [-0.2, 0) is 6.54 Å². The van der Waals surface area contributed by atoms with Crippen LogP contribution in [-0.4, -0.2) is 4.98 Å². The fourth-order valence-corrected chi connectivity index (χ4v) is 2.28. The molecule has 0 saturated carbocycles. The van der Waals surface area contributed by atoms with Gasteiger partial charge in [0.15, 0.2) is 18.9 Å². The van der Waals surface area contributed by atoms with Gasteiger partial charge in [-0.2, -0.15) is 4.57 Å². The zero-order valence-corrected chi connectivity index (χ0v) is 11.5. The molecule has 0 bridgehead atoms. The van der Waals surface area contributed by atoms with Crippen LogP contribution in [0.1, 0.15) is 11.1 Å². The van der Waals surface area contributed by atoms with Gasteiger partial charge in [0.1, 0.15) is 5.69 Å². The van der Waals surface area contributed by atoms with Crippen molar-refractivity contribution in [3.8, 4) is 11.3 Å². The van der Waals surface area contributed by atoms with Crippen molar-refractivity contribution in [1.82, 2.24) is 4.98 Å². The number of aromatic nitrogens is 2. The largest absolute Gasteiger partial charge is 0.244 e. The summed E-state index contributed by atoms with van der Waals surface area (Å²) in [7, 11) is 0. The third-order valence-corrected chi connectivity index (χ3v) is 3.28. The van der Waals surface area contributed by atoms with Gasteiger partial charge in [0.25, 0.3) is 0 Å². The average molecular weight is 261 g/mol. The van der Waals surface area contributed by atoms with E-state index in [0.29, 0.717) is 0 Å². The molecular formula is C18H17N2+. The number of nitrogens with zero attached hydrogens (tertiary/aromatic N) is 2. The summed E-state index contributed by atoms with van der Waals surface area (Å²) in [6.07, 6.45) is 5.97. The molecule has 0 radical (unpaired) electrons. The maximum atomic E-state index is 4.47. The van der Waals surface area contributed by atoms with E-state index in [1.807, 2.05) is 18.5 Å². The van der Waals surface area contributed by atoms with Crippen molar-refractivity contribution in [3.63, 3.8) is 0 Å². The van der Waals surface area contributed by atoms with Crippen LogP contribution in [0.3, 0.4) is 0 Å². The minimum Gasteiger partial charge on any atom is -0.244 e. The van der Waals surface area contributed by atoms with E-state index < -0.39 is 0 Å². The van der Waals surface area contributed by atoms with Gasteiger partial charge in [0.2, 0.25) is 0 Å². The minimum absolute atomic E-state index is 0.863. The molecule has 0 aliphatic carbocycles. The van der Waals surface area contributed by atoms with Gasteiger partial charge in [0.05, 0.1) is 6.20 Å². The van der Waals surface area contributed by atoms with Gasteiger partial charge in [-0.3, -0.25) is 0 Å². The average Bonchev–Trinajstić information content (AvgIpc) is 2.49. The summed E-state index contributed by atoms with van der Waals surface area (Å²) in [5.74, 6) is 0. The van der Waals surface area contributed by atoms with Crippen molar-refractivity contribution < 1.29 is 4.57 Å². The van der Waals surface area contributed by atoms with Gasteiger partial charge in [-0.15, -0.1) is 0 Å². The number of hydrogen-bond acceptors (Lipinski definition) is 1. The van der Waals surface area contributed by atoms with Crippen LogP contribution in [0, 0.1) is 6.92 Å². The molecule has 1 aromatic heterocycles. The quantitative estimate of drug-likeness (QED) is 0.660. The monoisotopic (exact) mass is 261 g/mol. The first-order valence-corrected chi connectivity index (χ1v) is 6.77. The summed E-state index contributed by atoms with van der Waals surface area (Å²) in [6.45, 7) is 2.96. The zero-order valence-electron chi connectivity index (χ0n) is 11.5. The van der Waals surface area contributed by atoms with Crippen LogP contribution >= 0.6 is 0 Å². The molecule has 2 aromatic carbocycles. The van der Waals surface area contributed by atoms with E-state index in [-0.39, 0.29) is 0 Å². The normalized spacial score (nSPS) is 10.4. The highest BCUT2D eigenvalue weighted by molar-refractivity contribution is 5.58. The molecule has 0 amide bonds. The molecule has 0 atom stereocenters. The lowest BCUT2D eigenvalue weighted by Crippen LogP contribution is -2.33. The Hall–Kier alpha value is -2.48. The zero-order chi connectivity index (χ0) is 13.8. The van der Waals surface area contributed by atoms with E-state index in [9.17, 15) is 0 Å². The van der Waals surface area contributed by atoms with E-state index in [4.69, 9.17) is 0 Å². The molecule has 0 unspecified atom stereocenters. The van der Waals surface area contributed by atoms with E-state index >= 15 is 0 Å². The summed E-state index contributed by atoms with van der Waals surface area (Å²) in [5, 5.41) is 0. The first-order valence-electron chi connectivity index (χ1n) is 6.77. The highest BCUT2D eigenvalue weighted by atomic mass is 15.0. The van der Waals surface area contributed by atoms with Crippen molar-refractivity contribution in [2.45, 2.75) is 13.5 Å². The second-order valence-corrected chi connectivity index (χ2v) is 4.97. The van der Waals surface area contributed by atoms with Gasteiger partial charge in [-0.25, -0.2) is 4.98 Å². The van der Waals surface area contributed by atoms with E-state index in [1.54, 1.807) is 0 Å². The van der Waals surface area contributed by atoms with Gasteiger partial charge in [-0.05, 0) is 13.0 Å². The van der Waals surface area contributed by atoms with Gasteiger partial charge >= 0.3 is 0 Å². The Morgan fingerprint density at radius 3 is 2.65 bits per heavy atom. The summed E-state index contributed by atoms with van der Waals surface area (Å²) in [6, 6.07) is 18.9. The summed E-state index contributed by atoms with van der Waals surface area (Å²) in [4.78, 5) is 4.47. The molecular weight excluding hydrogens is 244 g/mol. The molecule has 0 N–H and O–H groups in total. The Morgan fingerprint density at radius 2 is 1.85 bits per heavy atom. The Bertz CT molecular complexity index is 705. The van der Waals surface area contributed by atoms with E-state index in [0.717, 1.165) is 17.8 Å². The Kier molecular flexibility index (Phi) is 3.55. The molecule has 98 valence electrons. The van der Waals surface area contributed by atoms with Crippen LogP contribution in [0.5, 0.6) is 0 Å². The smallest absolute Gasteiger partial charge is 0.195 e. The number of benzene rings is 2. The van der Waals surface area contributed by atoms with E-state index in [1.165, 1.54) is 11.1 Å². The number of rotatable bonds is 3. The lowest BCUT2D eigenvalue weighted by atomic mass is 10.1. The maximum absolute atomic E-state index is 4.47. The van der Waals surface area contributed by atoms with Gasteiger partial charge < -0.3 is 0 Å². The molecule has 2 nitrogen and oxygen atoms in total. The molecule has 3 aromatic rings. The molecule has 2 heteroatoms. The number of hydrogen-bond donors (Lipinski definition) is 0. The Labute approximate surface area is 119 Å². The summed E-state index contributed by atoms with van der Waals surface area (Å²) < 4.78 is 2.17. The van der Waals surface area contributed by atoms with Crippen LogP contribution in [0.4, 0.5) is 0 Å².